The summed E-state index contributed by atoms with van der Waals surface area (Å²) in [6, 6.07) is 16.8. The molecule has 162 valence electrons. The molecule has 0 unspecified atom stereocenters. The van der Waals surface area contributed by atoms with E-state index in [0.29, 0.717) is 33.6 Å². The quantitative estimate of drug-likeness (QED) is 0.293. The molecule has 0 atom stereocenters. The second-order valence-electron chi connectivity index (χ2n) is 7.46. The van der Waals surface area contributed by atoms with Gasteiger partial charge >= 0.3 is 0 Å². The molecule has 0 aliphatic heterocycles. The van der Waals surface area contributed by atoms with Crippen molar-refractivity contribution in [2.24, 2.45) is 0 Å². The number of fused-ring (bicyclic) bond motifs is 1. The molecule has 0 N–H and O–H groups in total. The third kappa shape index (κ3) is 4.05. The minimum Gasteiger partial charge on any atom is -0.497 e. The standard InChI is InChI=1S/C25H21NO6/c1-15-12-21-22(13-16(15)2)32-24(18-6-10-20(30-3)11-7-18)25(23(21)27)31-14-17-4-8-19(9-5-17)26(28)29/h4-13H,14H2,1-3H3. The maximum atomic E-state index is 13.4. The van der Waals surface area contributed by atoms with Crippen LogP contribution in [0.1, 0.15) is 16.7 Å². The highest BCUT2D eigenvalue weighted by Crippen LogP contribution is 2.33. The van der Waals surface area contributed by atoms with Gasteiger partial charge in [-0.3, -0.25) is 14.9 Å². The van der Waals surface area contributed by atoms with Gasteiger partial charge in [-0.25, -0.2) is 0 Å². The summed E-state index contributed by atoms with van der Waals surface area (Å²) in [5.74, 6) is 1.08. The summed E-state index contributed by atoms with van der Waals surface area (Å²) in [7, 11) is 1.58. The fraction of sp³-hybridized carbons (Fsp3) is 0.160. The Morgan fingerprint density at radius 1 is 0.969 bits per heavy atom. The third-order valence-electron chi connectivity index (χ3n) is 5.35. The number of ether oxygens (including phenoxy) is 2. The lowest BCUT2D eigenvalue weighted by Crippen LogP contribution is -2.10. The van der Waals surface area contributed by atoms with Crippen molar-refractivity contribution in [2.45, 2.75) is 20.5 Å². The number of nitro benzene ring substituents is 1. The number of rotatable bonds is 6. The Bertz CT molecular complexity index is 1350. The van der Waals surface area contributed by atoms with Crippen molar-refractivity contribution in [3.8, 4) is 22.8 Å². The van der Waals surface area contributed by atoms with E-state index in [0.717, 1.165) is 11.1 Å². The number of hydrogen-bond acceptors (Lipinski definition) is 6. The van der Waals surface area contributed by atoms with E-state index < -0.39 is 4.92 Å². The van der Waals surface area contributed by atoms with Crippen LogP contribution in [0.4, 0.5) is 5.69 Å². The first-order chi connectivity index (χ1) is 15.4. The van der Waals surface area contributed by atoms with Crippen LogP contribution in [-0.2, 0) is 6.61 Å². The Hall–Kier alpha value is -4.13. The summed E-state index contributed by atoms with van der Waals surface area (Å²) >= 11 is 0. The van der Waals surface area contributed by atoms with E-state index in [9.17, 15) is 14.9 Å². The van der Waals surface area contributed by atoms with Gasteiger partial charge in [0, 0.05) is 17.7 Å². The first-order valence-corrected chi connectivity index (χ1v) is 9.96. The Balaban J connectivity index is 1.80. The molecule has 0 spiro atoms. The predicted molar refractivity (Wildman–Crippen MR) is 121 cm³/mol. The van der Waals surface area contributed by atoms with Crippen molar-refractivity contribution >= 4 is 16.7 Å². The van der Waals surface area contributed by atoms with Crippen LogP contribution in [0.5, 0.6) is 11.5 Å². The Morgan fingerprint density at radius 2 is 1.62 bits per heavy atom. The SMILES string of the molecule is COc1ccc(-c2oc3cc(C)c(C)cc3c(=O)c2OCc2ccc([N+](=O)[O-])cc2)cc1. The van der Waals surface area contributed by atoms with Gasteiger partial charge in [0.2, 0.25) is 11.2 Å². The second kappa shape index (κ2) is 8.55. The Labute approximate surface area is 184 Å². The predicted octanol–water partition coefficient (Wildman–Crippen LogP) is 5.57. The van der Waals surface area contributed by atoms with Gasteiger partial charge in [0.05, 0.1) is 17.4 Å². The van der Waals surface area contributed by atoms with Gasteiger partial charge in [-0.2, -0.15) is 0 Å². The van der Waals surface area contributed by atoms with Crippen LogP contribution in [0.15, 0.2) is 69.9 Å². The molecule has 7 nitrogen and oxygen atoms in total. The van der Waals surface area contributed by atoms with Crippen LogP contribution < -0.4 is 14.9 Å². The first-order valence-electron chi connectivity index (χ1n) is 9.96. The highest BCUT2D eigenvalue weighted by atomic mass is 16.6. The molecule has 32 heavy (non-hydrogen) atoms. The zero-order valence-electron chi connectivity index (χ0n) is 17.9. The number of nitrogens with zero attached hydrogens (tertiary/aromatic N) is 1. The summed E-state index contributed by atoms with van der Waals surface area (Å²) in [5.41, 5.74) is 3.54. The number of benzene rings is 3. The normalized spacial score (nSPS) is 10.8. The second-order valence-corrected chi connectivity index (χ2v) is 7.46. The van der Waals surface area contributed by atoms with E-state index in [1.165, 1.54) is 12.1 Å². The molecule has 1 aromatic heterocycles. The summed E-state index contributed by atoms with van der Waals surface area (Å²) < 4.78 is 17.3. The summed E-state index contributed by atoms with van der Waals surface area (Å²) in [6.07, 6.45) is 0. The average molecular weight is 431 g/mol. The molecule has 0 saturated carbocycles. The van der Waals surface area contributed by atoms with Crippen molar-refractivity contribution in [3.05, 3.63) is 97.7 Å². The molecular weight excluding hydrogens is 410 g/mol. The number of hydrogen-bond donors (Lipinski definition) is 0. The van der Waals surface area contributed by atoms with Crippen molar-refractivity contribution in [3.63, 3.8) is 0 Å². The molecule has 4 rings (SSSR count). The minimum absolute atomic E-state index is 0.0104. The number of methoxy groups -OCH3 is 1. The molecule has 3 aromatic carbocycles. The first kappa shape index (κ1) is 21.1. The van der Waals surface area contributed by atoms with E-state index in [-0.39, 0.29) is 23.5 Å². The molecular formula is C25H21NO6. The maximum absolute atomic E-state index is 13.4. The van der Waals surface area contributed by atoms with E-state index in [2.05, 4.69) is 0 Å². The van der Waals surface area contributed by atoms with E-state index >= 15 is 0 Å². The minimum atomic E-state index is -0.464. The Kier molecular flexibility index (Phi) is 5.64. The van der Waals surface area contributed by atoms with Crippen LogP contribution in [0.3, 0.4) is 0 Å². The number of nitro groups is 1. The fourth-order valence-electron chi connectivity index (χ4n) is 3.37. The van der Waals surface area contributed by atoms with Crippen LogP contribution in [-0.4, -0.2) is 12.0 Å². The van der Waals surface area contributed by atoms with Gasteiger partial charge in [-0.05, 0) is 79.1 Å². The Morgan fingerprint density at radius 3 is 2.25 bits per heavy atom. The number of non-ortho nitro benzene ring substituents is 1. The van der Waals surface area contributed by atoms with Crippen LogP contribution in [0, 0.1) is 24.0 Å². The lowest BCUT2D eigenvalue weighted by Gasteiger charge is -2.13. The highest BCUT2D eigenvalue weighted by Gasteiger charge is 2.19. The highest BCUT2D eigenvalue weighted by molar-refractivity contribution is 5.83. The molecule has 0 fully saturated rings. The zero-order valence-corrected chi connectivity index (χ0v) is 17.9. The van der Waals surface area contributed by atoms with Gasteiger partial charge in [0.15, 0.2) is 5.76 Å². The van der Waals surface area contributed by atoms with Gasteiger partial charge in [-0.15, -0.1) is 0 Å². The van der Waals surface area contributed by atoms with Crippen molar-refractivity contribution in [1.29, 1.82) is 0 Å². The maximum Gasteiger partial charge on any atom is 0.269 e. The molecule has 4 aromatic rings. The molecule has 0 radical (unpaired) electrons. The lowest BCUT2D eigenvalue weighted by atomic mass is 10.0. The lowest BCUT2D eigenvalue weighted by molar-refractivity contribution is -0.384. The summed E-state index contributed by atoms with van der Waals surface area (Å²) in [6.45, 7) is 3.95. The topological polar surface area (TPSA) is 91.8 Å². The monoisotopic (exact) mass is 431 g/mol. The molecule has 1 heterocycles. The molecule has 0 aliphatic rings. The smallest absolute Gasteiger partial charge is 0.269 e. The molecule has 7 heteroatoms. The van der Waals surface area contributed by atoms with Crippen molar-refractivity contribution in [1.82, 2.24) is 0 Å². The van der Waals surface area contributed by atoms with E-state index in [1.54, 1.807) is 49.6 Å². The van der Waals surface area contributed by atoms with Crippen molar-refractivity contribution in [2.75, 3.05) is 7.11 Å². The summed E-state index contributed by atoms with van der Waals surface area (Å²) in [4.78, 5) is 23.8. The summed E-state index contributed by atoms with van der Waals surface area (Å²) in [5, 5.41) is 11.3. The van der Waals surface area contributed by atoms with Gasteiger partial charge in [0.1, 0.15) is 17.9 Å². The van der Waals surface area contributed by atoms with Gasteiger partial charge < -0.3 is 13.9 Å². The molecule has 0 saturated heterocycles. The molecule has 0 amide bonds. The average Bonchev–Trinajstić information content (AvgIpc) is 2.80. The fourth-order valence-corrected chi connectivity index (χ4v) is 3.37. The molecule has 0 aliphatic carbocycles. The third-order valence-corrected chi connectivity index (χ3v) is 5.35. The molecule has 0 bridgehead atoms. The number of aryl methyl sites for hydroxylation is 2. The van der Waals surface area contributed by atoms with Crippen molar-refractivity contribution < 1.29 is 18.8 Å². The van der Waals surface area contributed by atoms with Gasteiger partial charge in [-0.1, -0.05) is 0 Å². The van der Waals surface area contributed by atoms with E-state index in [1.807, 2.05) is 19.9 Å². The largest absolute Gasteiger partial charge is 0.497 e. The zero-order chi connectivity index (χ0) is 22.8. The van der Waals surface area contributed by atoms with Crippen LogP contribution in [0.2, 0.25) is 0 Å². The van der Waals surface area contributed by atoms with E-state index in [4.69, 9.17) is 13.9 Å². The van der Waals surface area contributed by atoms with Crippen LogP contribution >= 0.6 is 0 Å². The van der Waals surface area contributed by atoms with Crippen LogP contribution in [0.25, 0.3) is 22.3 Å². The van der Waals surface area contributed by atoms with Gasteiger partial charge in [0.25, 0.3) is 5.69 Å².